The first kappa shape index (κ1) is 23.5. The number of nitrogens with zero attached hydrogens (tertiary/aromatic N) is 5. The molecule has 1 aromatic carbocycles. The summed E-state index contributed by atoms with van der Waals surface area (Å²) in [6.45, 7) is 6.39. The van der Waals surface area contributed by atoms with Crippen molar-refractivity contribution in [2.75, 3.05) is 32.8 Å². The summed E-state index contributed by atoms with van der Waals surface area (Å²) in [4.78, 5) is 27.4. The zero-order valence-corrected chi connectivity index (χ0v) is 18.7. The van der Waals surface area contributed by atoms with Gasteiger partial charge in [0.15, 0.2) is 5.69 Å². The number of pyridine rings is 1. The molecular weight excluding hydrogens is 449 g/mol. The third kappa shape index (κ3) is 4.82. The molecule has 0 spiro atoms. The topological polar surface area (TPSA) is 98.1 Å². The SMILES string of the molecule is CCOc1ccc(-c2cc3[nH]c(CN4CCN(C(C)=O)CC4)nc3c(C#N)n2)cc1C(F)(F)F. The lowest BCUT2D eigenvalue weighted by Crippen LogP contribution is -2.47. The van der Waals surface area contributed by atoms with E-state index in [0.717, 1.165) is 6.07 Å². The molecule has 0 radical (unpaired) electrons. The average Bonchev–Trinajstić information content (AvgIpc) is 3.21. The molecular formula is C23H23F3N6O2. The number of fused-ring (bicyclic) bond motifs is 1. The largest absolute Gasteiger partial charge is 0.493 e. The molecule has 1 saturated heterocycles. The molecule has 8 nitrogen and oxygen atoms in total. The number of carbonyl (C=O) groups is 1. The second kappa shape index (κ2) is 9.30. The Morgan fingerprint density at radius 2 is 1.94 bits per heavy atom. The smallest absolute Gasteiger partial charge is 0.419 e. The highest BCUT2D eigenvalue weighted by atomic mass is 19.4. The van der Waals surface area contributed by atoms with Crippen LogP contribution in [0.3, 0.4) is 0 Å². The number of alkyl halides is 3. The summed E-state index contributed by atoms with van der Waals surface area (Å²) >= 11 is 0. The van der Waals surface area contributed by atoms with Crippen LogP contribution in [0.25, 0.3) is 22.3 Å². The Bertz CT molecular complexity index is 1260. The van der Waals surface area contributed by atoms with Gasteiger partial charge in [-0.3, -0.25) is 9.69 Å². The van der Waals surface area contributed by atoms with Crippen LogP contribution in [0.5, 0.6) is 5.75 Å². The zero-order chi connectivity index (χ0) is 24.5. The lowest BCUT2D eigenvalue weighted by atomic mass is 10.1. The number of nitriles is 1. The van der Waals surface area contributed by atoms with Gasteiger partial charge in [-0.2, -0.15) is 18.4 Å². The van der Waals surface area contributed by atoms with Crippen molar-refractivity contribution in [3.8, 4) is 23.1 Å². The lowest BCUT2D eigenvalue weighted by molar-refractivity contribution is -0.139. The molecule has 0 unspecified atom stereocenters. The number of amides is 1. The Balaban J connectivity index is 1.65. The van der Waals surface area contributed by atoms with E-state index in [4.69, 9.17) is 4.74 Å². The van der Waals surface area contributed by atoms with Gasteiger partial charge in [0.25, 0.3) is 0 Å². The van der Waals surface area contributed by atoms with Crippen LogP contribution in [0.15, 0.2) is 24.3 Å². The molecule has 1 amide bonds. The van der Waals surface area contributed by atoms with Crippen LogP contribution >= 0.6 is 0 Å². The Kier molecular flexibility index (Phi) is 6.43. The minimum atomic E-state index is -4.60. The first-order chi connectivity index (χ1) is 16.2. The van der Waals surface area contributed by atoms with E-state index in [9.17, 15) is 23.2 Å². The molecule has 4 rings (SSSR count). The maximum Gasteiger partial charge on any atom is 0.419 e. The van der Waals surface area contributed by atoms with Gasteiger partial charge >= 0.3 is 6.18 Å². The van der Waals surface area contributed by atoms with Crippen molar-refractivity contribution in [1.29, 1.82) is 5.26 Å². The number of ether oxygens (including phenoxy) is 1. The highest BCUT2D eigenvalue weighted by Gasteiger charge is 2.35. The van der Waals surface area contributed by atoms with Crippen molar-refractivity contribution in [3.63, 3.8) is 0 Å². The van der Waals surface area contributed by atoms with Gasteiger partial charge in [-0.25, -0.2) is 9.97 Å². The first-order valence-electron chi connectivity index (χ1n) is 10.8. The zero-order valence-electron chi connectivity index (χ0n) is 18.7. The summed E-state index contributed by atoms with van der Waals surface area (Å²) < 4.78 is 45.8. The molecule has 0 bridgehead atoms. The van der Waals surface area contributed by atoms with Crippen molar-refractivity contribution in [3.05, 3.63) is 41.3 Å². The summed E-state index contributed by atoms with van der Waals surface area (Å²) in [6, 6.07) is 7.32. The lowest BCUT2D eigenvalue weighted by Gasteiger charge is -2.33. The van der Waals surface area contributed by atoms with Crippen LogP contribution in [0.4, 0.5) is 13.2 Å². The van der Waals surface area contributed by atoms with Gasteiger partial charge in [-0.05, 0) is 31.2 Å². The van der Waals surface area contributed by atoms with Crippen LogP contribution in [0.2, 0.25) is 0 Å². The fraction of sp³-hybridized carbons (Fsp3) is 0.391. The average molecular weight is 472 g/mol. The van der Waals surface area contributed by atoms with Crippen LogP contribution in [-0.2, 0) is 17.5 Å². The Morgan fingerprint density at radius 1 is 1.21 bits per heavy atom. The summed E-state index contributed by atoms with van der Waals surface area (Å²) in [5.74, 6) is 0.405. The molecule has 1 aliphatic rings. The molecule has 3 heterocycles. The molecule has 0 atom stereocenters. The Labute approximate surface area is 194 Å². The summed E-state index contributed by atoms with van der Waals surface area (Å²) in [5, 5.41) is 9.60. The molecule has 3 aromatic rings. The van der Waals surface area contributed by atoms with Gasteiger partial charge in [0.1, 0.15) is 23.2 Å². The molecule has 0 aliphatic carbocycles. The van der Waals surface area contributed by atoms with E-state index in [1.54, 1.807) is 24.8 Å². The van der Waals surface area contributed by atoms with Crippen LogP contribution in [0, 0.1) is 11.3 Å². The third-order valence-corrected chi connectivity index (χ3v) is 5.70. The summed E-state index contributed by atoms with van der Waals surface area (Å²) in [6.07, 6.45) is -4.60. The van der Waals surface area contributed by atoms with E-state index in [-0.39, 0.29) is 35.2 Å². The normalized spacial score (nSPS) is 14.9. The minimum absolute atomic E-state index is 0.0267. The van der Waals surface area contributed by atoms with E-state index >= 15 is 0 Å². The van der Waals surface area contributed by atoms with Crippen LogP contribution in [-0.4, -0.2) is 63.4 Å². The van der Waals surface area contributed by atoms with E-state index in [1.165, 1.54) is 12.1 Å². The second-order valence-corrected chi connectivity index (χ2v) is 7.97. The molecule has 178 valence electrons. The van der Waals surface area contributed by atoms with Gasteiger partial charge in [0, 0.05) is 38.7 Å². The van der Waals surface area contributed by atoms with Gasteiger partial charge in [-0.1, -0.05) is 0 Å². The number of imidazole rings is 1. The number of nitrogens with one attached hydrogen (secondary N) is 1. The predicted octanol–water partition coefficient (Wildman–Crippen LogP) is 3.58. The number of aromatic nitrogens is 3. The first-order valence-corrected chi connectivity index (χ1v) is 10.8. The molecule has 11 heteroatoms. The third-order valence-electron chi connectivity index (χ3n) is 5.70. The highest BCUT2D eigenvalue weighted by molar-refractivity contribution is 5.84. The molecule has 34 heavy (non-hydrogen) atoms. The number of H-pyrrole nitrogens is 1. The predicted molar refractivity (Wildman–Crippen MR) is 118 cm³/mol. The summed E-state index contributed by atoms with van der Waals surface area (Å²) in [7, 11) is 0. The number of piperazine rings is 1. The van der Waals surface area contributed by atoms with Crippen molar-refractivity contribution >= 4 is 16.9 Å². The number of rotatable bonds is 5. The van der Waals surface area contributed by atoms with E-state index in [0.29, 0.717) is 49.6 Å². The quantitative estimate of drug-likeness (QED) is 0.610. The van der Waals surface area contributed by atoms with E-state index < -0.39 is 11.7 Å². The molecule has 0 saturated carbocycles. The van der Waals surface area contributed by atoms with Gasteiger partial charge in [0.2, 0.25) is 5.91 Å². The number of carbonyl (C=O) groups excluding carboxylic acids is 1. The number of halogens is 3. The number of benzene rings is 1. The fourth-order valence-electron chi connectivity index (χ4n) is 3.99. The monoisotopic (exact) mass is 472 g/mol. The fourth-order valence-corrected chi connectivity index (χ4v) is 3.99. The van der Waals surface area contributed by atoms with Gasteiger partial charge < -0.3 is 14.6 Å². The van der Waals surface area contributed by atoms with Crippen molar-refractivity contribution in [2.24, 2.45) is 0 Å². The summed E-state index contributed by atoms with van der Waals surface area (Å²) in [5.41, 5.74) is 0.446. The number of aromatic amines is 1. The second-order valence-electron chi connectivity index (χ2n) is 7.97. The van der Waals surface area contributed by atoms with E-state index in [2.05, 4.69) is 19.9 Å². The molecule has 1 aliphatic heterocycles. The van der Waals surface area contributed by atoms with Crippen molar-refractivity contribution in [1.82, 2.24) is 24.8 Å². The molecule has 1 N–H and O–H groups in total. The number of hydrogen-bond acceptors (Lipinski definition) is 6. The van der Waals surface area contributed by atoms with Gasteiger partial charge in [0.05, 0.1) is 29.9 Å². The van der Waals surface area contributed by atoms with Crippen LogP contribution in [0.1, 0.15) is 30.9 Å². The van der Waals surface area contributed by atoms with Gasteiger partial charge in [-0.15, -0.1) is 0 Å². The van der Waals surface area contributed by atoms with E-state index in [1.807, 2.05) is 6.07 Å². The van der Waals surface area contributed by atoms with Crippen LogP contribution < -0.4 is 4.74 Å². The highest BCUT2D eigenvalue weighted by Crippen LogP contribution is 2.39. The Morgan fingerprint density at radius 3 is 2.56 bits per heavy atom. The Hall–Kier alpha value is -3.65. The minimum Gasteiger partial charge on any atom is -0.493 e. The number of hydrogen-bond donors (Lipinski definition) is 1. The maximum absolute atomic E-state index is 13.6. The molecule has 1 fully saturated rings. The van der Waals surface area contributed by atoms with Crippen molar-refractivity contribution in [2.45, 2.75) is 26.6 Å². The molecule has 2 aromatic heterocycles. The van der Waals surface area contributed by atoms with Crippen molar-refractivity contribution < 1.29 is 22.7 Å². The maximum atomic E-state index is 13.6. The standard InChI is InChI=1S/C23H23F3N6O2/c1-3-34-20-5-4-15(10-16(20)23(24,25)26)17-11-18-22(19(12-27)28-17)30-21(29-18)13-31-6-8-32(9-7-31)14(2)33/h4-5,10-11H,3,6-9,13H2,1-2H3,(H,29,30).